The van der Waals surface area contributed by atoms with E-state index < -0.39 is 5.82 Å². The van der Waals surface area contributed by atoms with Crippen LogP contribution in [-0.4, -0.2) is 36.5 Å². The molecule has 2 rings (SSSR count). The third kappa shape index (κ3) is 3.34. The second-order valence-electron chi connectivity index (χ2n) is 4.25. The van der Waals surface area contributed by atoms with E-state index in [2.05, 4.69) is 10.6 Å². The Labute approximate surface area is 109 Å². The summed E-state index contributed by atoms with van der Waals surface area (Å²) in [7, 11) is 0. The molecule has 1 heterocycles. The number of amides is 3. The second kappa shape index (κ2) is 5.55. The average molecular weight is 266 g/mol. The number of hydrogen-bond acceptors (Lipinski definition) is 3. The molecule has 3 amide bonds. The van der Waals surface area contributed by atoms with Crippen molar-refractivity contribution in [2.45, 2.75) is 6.42 Å². The monoisotopic (exact) mass is 266 g/mol. The van der Waals surface area contributed by atoms with Gasteiger partial charge in [0, 0.05) is 26.1 Å². The van der Waals surface area contributed by atoms with Crippen molar-refractivity contribution in [2.24, 2.45) is 0 Å². The third-order valence-electron chi connectivity index (χ3n) is 2.84. The molecule has 0 saturated carbocycles. The SMILES string of the molecule is Nc1cc(F)ccc1NC(=O)CCN1CCNC1=O. The maximum Gasteiger partial charge on any atom is 0.317 e. The van der Waals surface area contributed by atoms with Crippen molar-refractivity contribution in [1.82, 2.24) is 10.2 Å². The van der Waals surface area contributed by atoms with Gasteiger partial charge in [-0.3, -0.25) is 4.79 Å². The van der Waals surface area contributed by atoms with E-state index in [0.717, 1.165) is 6.07 Å². The predicted molar refractivity (Wildman–Crippen MR) is 69.0 cm³/mol. The summed E-state index contributed by atoms with van der Waals surface area (Å²) in [6.45, 7) is 1.55. The molecule has 102 valence electrons. The zero-order valence-electron chi connectivity index (χ0n) is 10.3. The quantitative estimate of drug-likeness (QED) is 0.703. The Morgan fingerprint density at radius 1 is 1.53 bits per heavy atom. The van der Waals surface area contributed by atoms with Gasteiger partial charge in [0.1, 0.15) is 5.82 Å². The van der Waals surface area contributed by atoms with Crippen molar-refractivity contribution in [1.29, 1.82) is 0 Å². The molecule has 0 spiro atoms. The van der Waals surface area contributed by atoms with Gasteiger partial charge < -0.3 is 21.3 Å². The van der Waals surface area contributed by atoms with Crippen molar-refractivity contribution in [2.75, 3.05) is 30.7 Å². The molecule has 0 unspecified atom stereocenters. The lowest BCUT2D eigenvalue weighted by Crippen LogP contribution is -2.31. The lowest BCUT2D eigenvalue weighted by molar-refractivity contribution is -0.116. The van der Waals surface area contributed by atoms with Crippen LogP contribution in [0.2, 0.25) is 0 Å². The van der Waals surface area contributed by atoms with Gasteiger partial charge in [-0.1, -0.05) is 0 Å². The first kappa shape index (κ1) is 13.1. The van der Waals surface area contributed by atoms with Crippen molar-refractivity contribution in [3.05, 3.63) is 24.0 Å². The van der Waals surface area contributed by atoms with Crippen molar-refractivity contribution in [3.8, 4) is 0 Å². The zero-order valence-corrected chi connectivity index (χ0v) is 10.3. The van der Waals surface area contributed by atoms with Gasteiger partial charge in [-0.15, -0.1) is 0 Å². The first-order valence-electron chi connectivity index (χ1n) is 5.94. The van der Waals surface area contributed by atoms with Crippen LogP contribution in [0.25, 0.3) is 0 Å². The molecule has 1 aromatic rings. The minimum Gasteiger partial charge on any atom is -0.397 e. The molecule has 1 fully saturated rings. The van der Waals surface area contributed by atoms with Crippen LogP contribution >= 0.6 is 0 Å². The minimum atomic E-state index is -0.454. The van der Waals surface area contributed by atoms with Crippen molar-refractivity contribution in [3.63, 3.8) is 0 Å². The molecule has 1 aromatic carbocycles. The summed E-state index contributed by atoms with van der Waals surface area (Å²) in [5, 5.41) is 5.24. The number of nitrogens with zero attached hydrogens (tertiary/aromatic N) is 1. The van der Waals surface area contributed by atoms with E-state index in [1.165, 1.54) is 12.1 Å². The maximum absolute atomic E-state index is 12.8. The van der Waals surface area contributed by atoms with E-state index in [-0.39, 0.29) is 24.0 Å². The highest BCUT2D eigenvalue weighted by molar-refractivity contribution is 5.94. The Morgan fingerprint density at radius 2 is 2.32 bits per heavy atom. The molecule has 4 N–H and O–H groups in total. The number of nitrogens with two attached hydrogens (primary N) is 1. The summed E-state index contributed by atoms with van der Waals surface area (Å²) in [5.41, 5.74) is 6.13. The zero-order chi connectivity index (χ0) is 13.8. The average Bonchev–Trinajstić information content (AvgIpc) is 2.76. The molecule has 7 heteroatoms. The van der Waals surface area contributed by atoms with E-state index in [1.54, 1.807) is 4.90 Å². The summed E-state index contributed by atoms with van der Waals surface area (Å²) in [6.07, 6.45) is 0.171. The molecule has 0 radical (unpaired) electrons. The highest BCUT2D eigenvalue weighted by atomic mass is 19.1. The third-order valence-corrected chi connectivity index (χ3v) is 2.84. The molecule has 0 aliphatic carbocycles. The Kier molecular flexibility index (Phi) is 3.84. The van der Waals surface area contributed by atoms with E-state index in [1.807, 2.05) is 0 Å². The Balaban J connectivity index is 1.85. The van der Waals surface area contributed by atoms with Crippen LogP contribution < -0.4 is 16.4 Å². The maximum atomic E-state index is 12.8. The molecule has 1 aliphatic heterocycles. The Morgan fingerprint density at radius 3 is 2.95 bits per heavy atom. The fourth-order valence-corrected chi connectivity index (χ4v) is 1.82. The van der Waals surface area contributed by atoms with Crippen LogP contribution in [0.4, 0.5) is 20.6 Å². The molecule has 19 heavy (non-hydrogen) atoms. The summed E-state index contributed by atoms with van der Waals surface area (Å²) in [6, 6.07) is 3.61. The predicted octanol–water partition coefficient (Wildman–Crippen LogP) is 0.762. The first-order valence-corrected chi connectivity index (χ1v) is 5.94. The Bertz CT molecular complexity index is 507. The fraction of sp³-hybridized carbons (Fsp3) is 0.333. The van der Waals surface area contributed by atoms with Gasteiger partial charge in [-0.2, -0.15) is 0 Å². The van der Waals surface area contributed by atoms with Gasteiger partial charge in [0.15, 0.2) is 0 Å². The molecule has 6 nitrogen and oxygen atoms in total. The molecule has 1 aliphatic rings. The van der Waals surface area contributed by atoms with Crippen LogP contribution in [0.3, 0.4) is 0 Å². The number of urea groups is 1. The number of hydrogen-bond donors (Lipinski definition) is 3. The van der Waals surface area contributed by atoms with Crippen LogP contribution in [0, 0.1) is 5.82 Å². The van der Waals surface area contributed by atoms with Crippen LogP contribution in [0.5, 0.6) is 0 Å². The van der Waals surface area contributed by atoms with Gasteiger partial charge in [-0.05, 0) is 18.2 Å². The topological polar surface area (TPSA) is 87.5 Å². The molecule has 0 aromatic heterocycles. The number of rotatable bonds is 4. The van der Waals surface area contributed by atoms with E-state index >= 15 is 0 Å². The summed E-state index contributed by atoms with van der Waals surface area (Å²) >= 11 is 0. The normalized spacial score (nSPS) is 14.4. The van der Waals surface area contributed by atoms with Gasteiger partial charge in [-0.25, -0.2) is 9.18 Å². The largest absolute Gasteiger partial charge is 0.397 e. The number of nitrogen functional groups attached to an aromatic ring is 1. The lowest BCUT2D eigenvalue weighted by atomic mass is 10.2. The van der Waals surface area contributed by atoms with Crippen molar-refractivity contribution >= 4 is 23.3 Å². The number of anilines is 2. The van der Waals surface area contributed by atoms with E-state index in [0.29, 0.717) is 25.3 Å². The molecule has 1 saturated heterocycles. The fourth-order valence-electron chi connectivity index (χ4n) is 1.82. The molecular formula is C12H15FN4O2. The van der Waals surface area contributed by atoms with Crippen molar-refractivity contribution < 1.29 is 14.0 Å². The van der Waals surface area contributed by atoms with Gasteiger partial charge in [0.2, 0.25) is 5.91 Å². The van der Waals surface area contributed by atoms with E-state index in [4.69, 9.17) is 5.73 Å². The smallest absolute Gasteiger partial charge is 0.317 e. The number of benzene rings is 1. The molecular weight excluding hydrogens is 251 g/mol. The minimum absolute atomic E-state index is 0.158. The summed E-state index contributed by atoms with van der Waals surface area (Å²) < 4.78 is 12.8. The lowest BCUT2D eigenvalue weighted by Gasteiger charge is -2.14. The number of carbonyl (C=O) groups is 2. The van der Waals surface area contributed by atoms with E-state index in [9.17, 15) is 14.0 Å². The summed E-state index contributed by atoms with van der Waals surface area (Å²) in [5.74, 6) is -0.720. The van der Waals surface area contributed by atoms with Gasteiger partial charge >= 0.3 is 6.03 Å². The molecule has 0 atom stereocenters. The van der Waals surface area contributed by atoms with Gasteiger partial charge in [0.25, 0.3) is 0 Å². The number of halogens is 1. The highest BCUT2D eigenvalue weighted by Crippen LogP contribution is 2.19. The standard InChI is InChI=1S/C12H15FN4O2/c13-8-1-2-10(9(14)7-8)16-11(18)3-5-17-6-4-15-12(17)19/h1-2,7H,3-6,14H2,(H,15,19)(H,16,18). The summed E-state index contributed by atoms with van der Waals surface area (Å²) in [4.78, 5) is 24.5. The molecule has 0 bridgehead atoms. The Hall–Kier alpha value is -2.31. The number of carbonyl (C=O) groups excluding carboxylic acids is 2. The second-order valence-corrected chi connectivity index (χ2v) is 4.25. The highest BCUT2D eigenvalue weighted by Gasteiger charge is 2.19. The van der Waals surface area contributed by atoms with Gasteiger partial charge in [0.05, 0.1) is 11.4 Å². The van der Waals surface area contributed by atoms with Crippen LogP contribution in [-0.2, 0) is 4.79 Å². The van der Waals surface area contributed by atoms with Crippen LogP contribution in [0.15, 0.2) is 18.2 Å². The first-order chi connectivity index (χ1) is 9.06. The van der Waals surface area contributed by atoms with Crippen LogP contribution in [0.1, 0.15) is 6.42 Å². The number of nitrogens with one attached hydrogen (secondary N) is 2.